The first-order valence-corrected chi connectivity index (χ1v) is 14.0. The molecular weight excluding hydrogens is 542 g/mol. The SMILES string of the molecule is COc1cc(N2C(=S)NC(c3ccccn3)C2c2ccc(-c3cccc([N+](=O)[O-])c3)o2)ccc1NS(C)(=O)=O. The average molecular weight is 566 g/mol. The number of benzene rings is 2. The Morgan fingerprint density at radius 1 is 1.13 bits per heavy atom. The van der Waals surface area contributed by atoms with E-state index in [-0.39, 0.29) is 11.4 Å². The summed E-state index contributed by atoms with van der Waals surface area (Å²) in [5, 5.41) is 15.0. The number of hydrogen-bond donors (Lipinski definition) is 2. The molecule has 1 aliphatic heterocycles. The zero-order valence-electron chi connectivity index (χ0n) is 20.8. The fourth-order valence-electron chi connectivity index (χ4n) is 4.48. The molecule has 1 fully saturated rings. The van der Waals surface area contributed by atoms with Crippen LogP contribution in [0.1, 0.15) is 23.5 Å². The van der Waals surface area contributed by atoms with Gasteiger partial charge in [-0.2, -0.15) is 0 Å². The lowest BCUT2D eigenvalue weighted by molar-refractivity contribution is -0.384. The number of furan rings is 1. The zero-order valence-corrected chi connectivity index (χ0v) is 22.4. The number of pyridine rings is 1. The Morgan fingerprint density at radius 2 is 1.95 bits per heavy atom. The highest BCUT2D eigenvalue weighted by molar-refractivity contribution is 7.92. The normalized spacial score (nSPS) is 17.1. The molecular formula is C26H23N5O6S2. The number of ether oxygens (including phenoxy) is 1. The monoisotopic (exact) mass is 565 g/mol. The molecule has 0 saturated carbocycles. The van der Waals surface area contributed by atoms with Gasteiger partial charge in [-0.25, -0.2) is 8.42 Å². The summed E-state index contributed by atoms with van der Waals surface area (Å²) in [5.41, 5.74) is 2.15. The predicted molar refractivity (Wildman–Crippen MR) is 150 cm³/mol. The van der Waals surface area contributed by atoms with E-state index in [1.54, 1.807) is 48.7 Å². The van der Waals surface area contributed by atoms with Gasteiger partial charge in [0.25, 0.3) is 5.69 Å². The van der Waals surface area contributed by atoms with Crippen LogP contribution in [0.4, 0.5) is 17.1 Å². The number of hydrogen-bond acceptors (Lipinski definition) is 8. The molecule has 13 heteroatoms. The number of nitro benzene ring substituents is 1. The van der Waals surface area contributed by atoms with E-state index < -0.39 is 27.0 Å². The van der Waals surface area contributed by atoms with Gasteiger partial charge < -0.3 is 19.4 Å². The molecule has 3 heterocycles. The van der Waals surface area contributed by atoms with Crippen molar-refractivity contribution in [3.63, 3.8) is 0 Å². The van der Waals surface area contributed by atoms with Crippen LogP contribution >= 0.6 is 12.2 Å². The summed E-state index contributed by atoms with van der Waals surface area (Å²) < 4.78 is 37.8. The summed E-state index contributed by atoms with van der Waals surface area (Å²) in [5.74, 6) is 1.30. The topological polar surface area (TPSA) is 140 Å². The van der Waals surface area contributed by atoms with Gasteiger partial charge >= 0.3 is 0 Å². The molecule has 1 saturated heterocycles. The highest BCUT2D eigenvalue weighted by Crippen LogP contribution is 2.44. The maximum Gasteiger partial charge on any atom is 0.270 e. The van der Waals surface area contributed by atoms with Crippen molar-refractivity contribution in [2.24, 2.45) is 0 Å². The fourth-order valence-corrected chi connectivity index (χ4v) is 5.39. The molecule has 2 N–H and O–H groups in total. The Bertz CT molecular complexity index is 1660. The van der Waals surface area contributed by atoms with E-state index in [2.05, 4.69) is 15.0 Å². The van der Waals surface area contributed by atoms with Gasteiger partial charge in [0.1, 0.15) is 23.3 Å². The van der Waals surface area contributed by atoms with Gasteiger partial charge in [0, 0.05) is 35.6 Å². The first-order chi connectivity index (χ1) is 18.6. The van der Waals surface area contributed by atoms with Crippen LogP contribution in [0.3, 0.4) is 0 Å². The van der Waals surface area contributed by atoms with Crippen molar-refractivity contribution in [3.05, 3.63) is 101 Å². The Hall–Kier alpha value is -4.49. The van der Waals surface area contributed by atoms with Crippen LogP contribution in [0.5, 0.6) is 5.75 Å². The summed E-state index contributed by atoms with van der Waals surface area (Å²) in [6.07, 6.45) is 2.74. The molecule has 2 atom stereocenters. The first kappa shape index (κ1) is 26.1. The third-order valence-electron chi connectivity index (χ3n) is 6.12. The van der Waals surface area contributed by atoms with Gasteiger partial charge in [0.2, 0.25) is 10.0 Å². The van der Waals surface area contributed by atoms with Crippen LogP contribution in [-0.4, -0.2) is 36.8 Å². The van der Waals surface area contributed by atoms with Gasteiger partial charge in [-0.3, -0.25) is 19.8 Å². The van der Waals surface area contributed by atoms with Crippen molar-refractivity contribution in [1.29, 1.82) is 0 Å². The van der Waals surface area contributed by atoms with Crippen molar-refractivity contribution < 1.29 is 22.5 Å². The van der Waals surface area contributed by atoms with Gasteiger partial charge in [0.05, 0.1) is 35.7 Å². The van der Waals surface area contributed by atoms with Crippen molar-refractivity contribution in [3.8, 4) is 17.1 Å². The van der Waals surface area contributed by atoms with Crippen LogP contribution in [0, 0.1) is 10.1 Å². The number of nitrogens with one attached hydrogen (secondary N) is 2. The van der Waals surface area contributed by atoms with E-state index in [9.17, 15) is 18.5 Å². The molecule has 1 aliphatic rings. The van der Waals surface area contributed by atoms with E-state index in [0.29, 0.717) is 33.6 Å². The largest absolute Gasteiger partial charge is 0.494 e. The average Bonchev–Trinajstić information content (AvgIpc) is 3.53. The first-order valence-electron chi connectivity index (χ1n) is 11.7. The standard InChI is InChI=1S/C26H23N5O6S2/c1-36-23-15-17(9-10-19(23)29-39(2,34)35)30-25(24(28-26(30)38)20-8-3-4-13-27-20)22-12-11-21(37-22)16-6-5-7-18(14-16)31(32)33/h3-15,24-25,29H,1-2H3,(H,28,38). The molecule has 4 aromatic rings. The van der Waals surface area contributed by atoms with Crippen LogP contribution < -0.4 is 19.7 Å². The van der Waals surface area contributed by atoms with E-state index in [0.717, 1.165) is 11.9 Å². The van der Waals surface area contributed by atoms with Gasteiger partial charge in [-0.15, -0.1) is 0 Å². The highest BCUT2D eigenvalue weighted by atomic mass is 32.2. The molecule has 0 radical (unpaired) electrons. The number of nitro groups is 1. The summed E-state index contributed by atoms with van der Waals surface area (Å²) in [4.78, 5) is 17.2. The van der Waals surface area contributed by atoms with Crippen molar-refractivity contribution in [2.45, 2.75) is 12.1 Å². The van der Waals surface area contributed by atoms with Crippen LogP contribution in [0.2, 0.25) is 0 Å². The van der Waals surface area contributed by atoms with E-state index in [4.69, 9.17) is 21.4 Å². The molecule has 0 spiro atoms. The Balaban J connectivity index is 1.59. The van der Waals surface area contributed by atoms with Crippen molar-refractivity contribution in [1.82, 2.24) is 10.3 Å². The van der Waals surface area contributed by atoms with E-state index in [1.165, 1.54) is 19.2 Å². The number of sulfonamides is 1. The summed E-state index contributed by atoms with van der Waals surface area (Å²) in [7, 11) is -2.09. The molecule has 2 unspecified atom stereocenters. The Morgan fingerprint density at radius 3 is 2.64 bits per heavy atom. The molecule has 2 aromatic carbocycles. The number of non-ortho nitro benzene ring substituents is 1. The minimum absolute atomic E-state index is 0.0444. The van der Waals surface area contributed by atoms with E-state index in [1.807, 2.05) is 23.1 Å². The molecule has 0 amide bonds. The third-order valence-corrected chi connectivity index (χ3v) is 7.02. The summed E-state index contributed by atoms with van der Waals surface area (Å²) in [6, 6.07) is 19.4. The molecule has 5 rings (SSSR count). The maximum absolute atomic E-state index is 11.8. The highest BCUT2D eigenvalue weighted by Gasteiger charge is 2.43. The second kappa shape index (κ2) is 10.3. The Kier molecular flexibility index (Phi) is 6.93. The molecule has 39 heavy (non-hydrogen) atoms. The fraction of sp³-hybridized carbons (Fsp3) is 0.154. The number of nitrogens with zero attached hydrogens (tertiary/aromatic N) is 3. The number of methoxy groups -OCH3 is 1. The maximum atomic E-state index is 11.8. The molecule has 11 nitrogen and oxygen atoms in total. The minimum Gasteiger partial charge on any atom is -0.494 e. The number of anilines is 2. The quantitative estimate of drug-likeness (QED) is 0.174. The number of rotatable bonds is 8. The van der Waals surface area contributed by atoms with E-state index >= 15 is 0 Å². The summed E-state index contributed by atoms with van der Waals surface area (Å²) in [6.45, 7) is 0. The Labute approximate surface area is 229 Å². The molecule has 0 aliphatic carbocycles. The van der Waals surface area contributed by atoms with Gasteiger partial charge in [-0.05, 0) is 48.6 Å². The second-order valence-corrected chi connectivity index (χ2v) is 10.9. The lowest BCUT2D eigenvalue weighted by Gasteiger charge is -2.26. The lowest BCUT2D eigenvalue weighted by atomic mass is 10.0. The predicted octanol–water partition coefficient (Wildman–Crippen LogP) is 4.81. The van der Waals surface area contributed by atoms with Crippen LogP contribution in [0.15, 0.2) is 83.4 Å². The second-order valence-electron chi connectivity index (χ2n) is 8.76. The lowest BCUT2D eigenvalue weighted by Crippen LogP contribution is -2.29. The zero-order chi connectivity index (χ0) is 27.7. The molecule has 2 aromatic heterocycles. The van der Waals surface area contributed by atoms with Gasteiger partial charge in [0.15, 0.2) is 5.11 Å². The third kappa shape index (κ3) is 5.40. The van der Waals surface area contributed by atoms with Crippen molar-refractivity contribution >= 4 is 44.4 Å². The number of aromatic nitrogens is 1. The minimum atomic E-state index is -3.53. The van der Waals surface area contributed by atoms with Crippen molar-refractivity contribution in [2.75, 3.05) is 23.0 Å². The molecule has 0 bridgehead atoms. The van der Waals surface area contributed by atoms with Crippen LogP contribution in [-0.2, 0) is 10.0 Å². The molecule has 200 valence electrons. The van der Waals surface area contributed by atoms with Gasteiger partial charge in [-0.1, -0.05) is 18.2 Å². The van der Waals surface area contributed by atoms with Crippen LogP contribution in [0.25, 0.3) is 11.3 Å². The number of thiocarbonyl (C=S) groups is 1. The summed E-state index contributed by atoms with van der Waals surface area (Å²) >= 11 is 5.74. The smallest absolute Gasteiger partial charge is 0.270 e.